The lowest BCUT2D eigenvalue weighted by molar-refractivity contribution is 0.183. The van der Waals surface area contributed by atoms with Crippen LogP contribution in [0.1, 0.15) is 19.7 Å². The molecule has 0 radical (unpaired) electrons. The second kappa shape index (κ2) is 6.60. The monoisotopic (exact) mass is 313 g/mol. The number of aromatic nitrogens is 3. The van der Waals surface area contributed by atoms with E-state index in [4.69, 9.17) is 4.52 Å². The number of hydrogen-bond donors (Lipinski definition) is 1. The molecule has 2 aromatic rings. The predicted molar refractivity (Wildman–Crippen MR) is 84.2 cm³/mol. The molecule has 0 fully saturated rings. The van der Waals surface area contributed by atoms with E-state index < -0.39 is 0 Å². The second-order valence-electron chi connectivity index (χ2n) is 5.70. The molecule has 120 valence electrons. The minimum absolute atomic E-state index is 0.127. The maximum atomic E-state index is 12.3. The Morgan fingerprint density at radius 1 is 1.48 bits per heavy atom. The fourth-order valence-corrected chi connectivity index (χ4v) is 2.52. The van der Waals surface area contributed by atoms with Crippen LogP contribution >= 0.6 is 0 Å². The summed E-state index contributed by atoms with van der Waals surface area (Å²) in [5.41, 5.74) is 0.637. The standard InChI is InChI=1S/C16H19N5O2/c1-11(2)13-7-5-9-21(13)16(22)18-10-14-19-15(20-23-14)12-6-3-4-8-17-12/h3-8,11,13H,9-10H2,1-2H3,(H,18,22)/t13-/m1/s1. The lowest BCUT2D eigenvalue weighted by Crippen LogP contribution is -2.44. The van der Waals surface area contributed by atoms with E-state index in [9.17, 15) is 4.79 Å². The molecule has 0 aromatic carbocycles. The third-order valence-electron chi connectivity index (χ3n) is 3.69. The van der Waals surface area contributed by atoms with Crippen molar-refractivity contribution >= 4 is 6.03 Å². The SMILES string of the molecule is CC(C)[C@H]1C=CCN1C(=O)NCc1nc(-c2ccccn2)no1. The first-order valence-corrected chi connectivity index (χ1v) is 7.60. The van der Waals surface area contributed by atoms with Gasteiger partial charge in [0.1, 0.15) is 5.69 Å². The van der Waals surface area contributed by atoms with E-state index in [0.29, 0.717) is 29.9 Å². The first-order chi connectivity index (χ1) is 11.1. The molecule has 1 N–H and O–H groups in total. The van der Waals surface area contributed by atoms with E-state index in [1.807, 2.05) is 18.2 Å². The number of pyridine rings is 1. The average Bonchev–Trinajstić information content (AvgIpc) is 3.23. The van der Waals surface area contributed by atoms with Gasteiger partial charge >= 0.3 is 6.03 Å². The third-order valence-corrected chi connectivity index (χ3v) is 3.69. The summed E-state index contributed by atoms with van der Waals surface area (Å²) in [5, 5.41) is 6.70. The quantitative estimate of drug-likeness (QED) is 0.875. The van der Waals surface area contributed by atoms with Crippen LogP contribution in [0.2, 0.25) is 0 Å². The van der Waals surface area contributed by atoms with Crippen molar-refractivity contribution in [2.45, 2.75) is 26.4 Å². The number of urea groups is 1. The van der Waals surface area contributed by atoms with Gasteiger partial charge in [-0.2, -0.15) is 4.98 Å². The Morgan fingerprint density at radius 3 is 3.09 bits per heavy atom. The van der Waals surface area contributed by atoms with Crippen molar-refractivity contribution in [3.05, 3.63) is 42.4 Å². The highest BCUT2D eigenvalue weighted by molar-refractivity contribution is 5.75. The smallest absolute Gasteiger partial charge is 0.318 e. The first kappa shape index (κ1) is 15.2. The molecule has 0 unspecified atom stereocenters. The molecular formula is C16H19N5O2. The zero-order chi connectivity index (χ0) is 16.2. The summed E-state index contributed by atoms with van der Waals surface area (Å²) >= 11 is 0. The average molecular weight is 313 g/mol. The van der Waals surface area contributed by atoms with Crippen molar-refractivity contribution < 1.29 is 9.32 Å². The molecule has 23 heavy (non-hydrogen) atoms. The number of carbonyl (C=O) groups excluding carboxylic acids is 1. The zero-order valence-corrected chi connectivity index (χ0v) is 13.1. The van der Waals surface area contributed by atoms with Gasteiger partial charge in [0.2, 0.25) is 11.7 Å². The molecule has 3 heterocycles. The van der Waals surface area contributed by atoms with Gasteiger partial charge in [-0.05, 0) is 18.1 Å². The van der Waals surface area contributed by atoms with Crippen molar-refractivity contribution in [3.63, 3.8) is 0 Å². The minimum atomic E-state index is -0.133. The Bertz CT molecular complexity index is 696. The van der Waals surface area contributed by atoms with Crippen LogP contribution in [0.3, 0.4) is 0 Å². The van der Waals surface area contributed by atoms with Crippen molar-refractivity contribution in [2.24, 2.45) is 5.92 Å². The lowest BCUT2D eigenvalue weighted by atomic mass is 10.1. The molecular weight excluding hydrogens is 294 g/mol. The molecule has 0 saturated carbocycles. The molecule has 2 amide bonds. The van der Waals surface area contributed by atoms with Crippen molar-refractivity contribution in [2.75, 3.05) is 6.54 Å². The van der Waals surface area contributed by atoms with Crippen LogP contribution in [0.5, 0.6) is 0 Å². The molecule has 0 spiro atoms. The molecule has 3 rings (SSSR count). The Balaban J connectivity index is 1.59. The van der Waals surface area contributed by atoms with Crippen LogP contribution < -0.4 is 5.32 Å². The van der Waals surface area contributed by atoms with Gasteiger partial charge in [-0.25, -0.2) is 4.79 Å². The fraction of sp³-hybridized carbons (Fsp3) is 0.375. The number of rotatable bonds is 4. The van der Waals surface area contributed by atoms with Gasteiger partial charge in [0.25, 0.3) is 0 Å². The second-order valence-corrected chi connectivity index (χ2v) is 5.70. The summed E-state index contributed by atoms with van der Waals surface area (Å²) in [6, 6.07) is 5.47. The third kappa shape index (κ3) is 3.39. The van der Waals surface area contributed by atoms with Crippen molar-refractivity contribution in [3.8, 4) is 11.5 Å². The summed E-state index contributed by atoms with van der Waals surface area (Å²) in [6.07, 6.45) is 5.74. The van der Waals surface area contributed by atoms with E-state index in [0.717, 1.165) is 0 Å². The van der Waals surface area contributed by atoms with Crippen molar-refractivity contribution in [1.29, 1.82) is 0 Å². The lowest BCUT2D eigenvalue weighted by Gasteiger charge is -2.27. The van der Waals surface area contributed by atoms with Crippen LogP contribution in [0, 0.1) is 5.92 Å². The summed E-state index contributed by atoms with van der Waals surface area (Å²) < 4.78 is 5.16. The van der Waals surface area contributed by atoms with E-state index in [-0.39, 0.29) is 18.6 Å². The summed E-state index contributed by atoms with van der Waals surface area (Å²) in [7, 11) is 0. The van der Waals surface area contributed by atoms with Crippen LogP contribution in [-0.2, 0) is 6.54 Å². The Kier molecular flexibility index (Phi) is 4.36. The highest BCUT2D eigenvalue weighted by Crippen LogP contribution is 2.18. The molecule has 0 bridgehead atoms. The van der Waals surface area contributed by atoms with Gasteiger partial charge in [0.15, 0.2) is 0 Å². The highest BCUT2D eigenvalue weighted by atomic mass is 16.5. The van der Waals surface area contributed by atoms with Gasteiger partial charge in [-0.15, -0.1) is 0 Å². The molecule has 1 aliphatic heterocycles. The summed E-state index contributed by atoms with van der Waals surface area (Å²) in [4.78, 5) is 22.5. The van der Waals surface area contributed by atoms with Crippen LogP contribution in [-0.4, -0.2) is 38.6 Å². The van der Waals surface area contributed by atoms with Crippen LogP contribution in [0.25, 0.3) is 11.5 Å². The number of amides is 2. The number of carbonyl (C=O) groups is 1. The van der Waals surface area contributed by atoms with E-state index in [1.165, 1.54) is 0 Å². The van der Waals surface area contributed by atoms with Gasteiger partial charge in [0.05, 0.1) is 12.6 Å². The summed E-state index contributed by atoms with van der Waals surface area (Å²) in [5.74, 6) is 1.14. The zero-order valence-electron chi connectivity index (χ0n) is 13.1. The topological polar surface area (TPSA) is 84.2 Å². The first-order valence-electron chi connectivity index (χ1n) is 7.60. The Morgan fingerprint density at radius 2 is 2.35 bits per heavy atom. The Labute approximate surface area is 134 Å². The minimum Gasteiger partial charge on any atom is -0.337 e. The predicted octanol–water partition coefficient (Wildman–Crippen LogP) is 2.24. The summed E-state index contributed by atoms with van der Waals surface area (Å²) in [6.45, 7) is 5.01. The van der Waals surface area contributed by atoms with E-state index in [1.54, 1.807) is 17.2 Å². The number of nitrogens with one attached hydrogen (secondary N) is 1. The van der Waals surface area contributed by atoms with Gasteiger partial charge < -0.3 is 14.7 Å². The normalized spacial score (nSPS) is 17.0. The number of nitrogens with zero attached hydrogens (tertiary/aromatic N) is 4. The maximum Gasteiger partial charge on any atom is 0.318 e. The van der Waals surface area contributed by atoms with E-state index >= 15 is 0 Å². The van der Waals surface area contributed by atoms with Gasteiger partial charge in [-0.1, -0.05) is 37.2 Å². The maximum absolute atomic E-state index is 12.3. The molecule has 0 aliphatic carbocycles. The Hall–Kier alpha value is -2.70. The highest BCUT2D eigenvalue weighted by Gasteiger charge is 2.27. The molecule has 1 atom stereocenters. The van der Waals surface area contributed by atoms with Gasteiger partial charge in [0, 0.05) is 12.7 Å². The van der Waals surface area contributed by atoms with Gasteiger partial charge in [-0.3, -0.25) is 4.98 Å². The molecule has 1 aliphatic rings. The fourth-order valence-electron chi connectivity index (χ4n) is 2.52. The van der Waals surface area contributed by atoms with Crippen LogP contribution in [0.4, 0.5) is 4.79 Å². The van der Waals surface area contributed by atoms with Crippen molar-refractivity contribution in [1.82, 2.24) is 25.3 Å². The molecule has 7 nitrogen and oxygen atoms in total. The largest absolute Gasteiger partial charge is 0.337 e. The molecule has 7 heteroatoms. The number of hydrogen-bond acceptors (Lipinski definition) is 5. The van der Waals surface area contributed by atoms with Crippen LogP contribution in [0.15, 0.2) is 41.1 Å². The van der Waals surface area contributed by atoms with E-state index in [2.05, 4.69) is 40.4 Å². The molecule has 2 aromatic heterocycles. The molecule has 0 saturated heterocycles.